The van der Waals surface area contributed by atoms with Crippen molar-refractivity contribution in [2.75, 3.05) is 12.3 Å². The summed E-state index contributed by atoms with van der Waals surface area (Å²) in [5, 5.41) is 3.65. The summed E-state index contributed by atoms with van der Waals surface area (Å²) in [6.45, 7) is 3.18. The number of fused-ring (bicyclic) bond motifs is 1. The molecule has 3 heteroatoms. The normalized spacial score (nSPS) is 19.3. The second kappa shape index (κ2) is 5.85. The Kier molecular flexibility index (Phi) is 3.95. The van der Waals surface area contributed by atoms with Gasteiger partial charge >= 0.3 is 0 Å². The lowest BCUT2D eigenvalue weighted by molar-refractivity contribution is 0.460. The average Bonchev–Trinajstić information content (AvgIpc) is 3.07. The zero-order valence-corrected chi connectivity index (χ0v) is 12.0. The van der Waals surface area contributed by atoms with Crippen LogP contribution in [-0.4, -0.2) is 18.3 Å². The number of hydrogen-bond donors (Lipinski definition) is 1. The van der Waals surface area contributed by atoms with E-state index in [2.05, 4.69) is 42.6 Å². The maximum Gasteiger partial charge on any atom is 0.0935 e. The van der Waals surface area contributed by atoms with Gasteiger partial charge in [-0.15, -0.1) is 11.8 Å². The second-order valence-corrected chi connectivity index (χ2v) is 6.02. The first-order valence-electron chi connectivity index (χ1n) is 6.84. The van der Waals surface area contributed by atoms with E-state index in [1.807, 2.05) is 18.0 Å². The summed E-state index contributed by atoms with van der Waals surface area (Å²) in [6, 6.07) is 11.4. The Hall–Kier alpha value is -1.19. The van der Waals surface area contributed by atoms with Gasteiger partial charge in [-0.05, 0) is 36.2 Å². The molecule has 0 spiro atoms. The molecular weight excluding hydrogens is 254 g/mol. The summed E-state index contributed by atoms with van der Waals surface area (Å²) in [5.41, 5.74) is 2.78. The highest BCUT2D eigenvalue weighted by molar-refractivity contribution is 7.99. The molecule has 1 aliphatic rings. The second-order valence-electron chi connectivity index (χ2n) is 4.96. The van der Waals surface area contributed by atoms with Gasteiger partial charge < -0.3 is 9.73 Å². The van der Waals surface area contributed by atoms with Gasteiger partial charge in [0.1, 0.15) is 0 Å². The molecular formula is C16H19NOS. The third-order valence-corrected chi connectivity index (χ3v) is 4.93. The monoisotopic (exact) mass is 273 g/mol. The Labute approximate surface area is 118 Å². The molecule has 2 nitrogen and oxygen atoms in total. The van der Waals surface area contributed by atoms with E-state index in [0.29, 0.717) is 12.0 Å². The molecule has 0 aliphatic carbocycles. The topological polar surface area (TPSA) is 25.2 Å². The minimum atomic E-state index is 0.485. The smallest absolute Gasteiger partial charge is 0.0935 e. The third-order valence-electron chi connectivity index (χ3n) is 3.72. The van der Waals surface area contributed by atoms with E-state index in [0.717, 1.165) is 13.0 Å². The fourth-order valence-corrected chi connectivity index (χ4v) is 4.13. The molecule has 2 unspecified atom stereocenters. The predicted molar refractivity (Wildman–Crippen MR) is 79.8 cm³/mol. The van der Waals surface area contributed by atoms with Crippen LogP contribution < -0.4 is 5.32 Å². The number of benzene rings is 1. The summed E-state index contributed by atoms with van der Waals surface area (Å²) < 4.78 is 5.19. The van der Waals surface area contributed by atoms with E-state index >= 15 is 0 Å². The van der Waals surface area contributed by atoms with Crippen LogP contribution in [0.3, 0.4) is 0 Å². The number of nitrogens with one attached hydrogen (secondary N) is 1. The maximum absolute atomic E-state index is 5.19. The van der Waals surface area contributed by atoms with Gasteiger partial charge in [0.15, 0.2) is 0 Å². The van der Waals surface area contributed by atoms with Crippen molar-refractivity contribution < 1.29 is 4.42 Å². The fourth-order valence-electron chi connectivity index (χ4n) is 2.80. The number of rotatable bonds is 5. The standard InChI is InChI=1S/C16H19NOS/c1-2-17-15(9-12-7-8-18-10-12)14-11-19-16-6-4-3-5-13(14)16/h3-8,10,14-15,17H,2,9,11H2,1H3. The van der Waals surface area contributed by atoms with Crippen molar-refractivity contribution in [2.45, 2.75) is 30.2 Å². The lowest BCUT2D eigenvalue weighted by Crippen LogP contribution is -2.36. The Morgan fingerprint density at radius 3 is 3.05 bits per heavy atom. The van der Waals surface area contributed by atoms with E-state index < -0.39 is 0 Å². The molecule has 0 radical (unpaired) electrons. The predicted octanol–water partition coefficient (Wildman–Crippen LogP) is 3.69. The Balaban J connectivity index is 1.81. The van der Waals surface area contributed by atoms with E-state index in [4.69, 9.17) is 4.42 Å². The molecule has 1 aliphatic heterocycles. The molecule has 0 amide bonds. The fraction of sp³-hybridized carbons (Fsp3) is 0.375. The zero-order valence-electron chi connectivity index (χ0n) is 11.1. The molecule has 19 heavy (non-hydrogen) atoms. The van der Waals surface area contributed by atoms with Gasteiger partial charge in [-0.25, -0.2) is 0 Å². The first-order valence-corrected chi connectivity index (χ1v) is 7.83. The summed E-state index contributed by atoms with van der Waals surface area (Å²) >= 11 is 1.98. The average molecular weight is 273 g/mol. The molecule has 0 fully saturated rings. The van der Waals surface area contributed by atoms with Crippen LogP contribution in [0, 0.1) is 0 Å². The Bertz CT molecular complexity index is 523. The molecule has 100 valence electrons. The highest BCUT2D eigenvalue weighted by Crippen LogP contribution is 2.41. The van der Waals surface area contributed by atoms with Crippen LogP contribution in [0.2, 0.25) is 0 Å². The maximum atomic E-state index is 5.19. The molecule has 1 aromatic carbocycles. The highest BCUT2D eigenvalue weighted by atomic mass is 32.2. The molecule has 3 rings (SSSR count). The quantitative estimate of drug-likeness (QED) is 0.899. The highest BCUT2D eigenvalue weighted by Gasteiger charge is 2.29. The van der Waals surface area contributed by atoms with Gasteiger partial charge in [-0.1, -0.05) is 25.1 Å². The van der Waals surface area contributed by atoms with Crippen molar-refractivity contribution in [3.63, 3.8) is 0 Å². The number of hydrogen-bond acceptors (Lipinski definition) is 3. The van der Waals surface area contributed by atoms with Crippen LogP contribution in [0.4, 0.5) is 0 Å². The minimum Gasteiger partial charge on any atom is -0.472 e. The van der Waals surface area contributed by atoms with Crippen LogP contribution in [-0.2, 0) is 6.42 Å². The molecule has 2 aromatic rings. The molecule has 0 bridgehead atoms. The Morgan fingerprint density at radius 1 is 1.37 bits per heavy atom. The van der Waals surface area contributed by atoms with Crippen molar-refractivity contribution >= 4 is 11.8 Å². The van der Waals surface area contributed by atoms with Crippen LogP contribution >= 0.6 is 11.8 Å². The van der Waals surface area contributed by atoms with Gasteiger partial charge in [0, 0.05) is 22.6 Å². The lowest BCUT2D eigenvalue weighted by Gasteiger charge is -2.24. The first-order chi connectivity index (χ1) is 9.38. The van der Waals surface area contributed by atoms with E-state index in [-0.39, 0.29) is 0 Å². The molecule has 2 heterocycles. The van der Waals surface area contributed by atoms with Gasteiger partial charge in [0.2, 0.25) is 0 Å². The van der Waals surface area contributed by atoms with Crippen molar-refractivity contribution in [2.24, 2.45) is 0 Å². The van der Waals surface area contributed by atoms with Gasteiger partial charge in [0.05, 0.1) is 12.5 Å². The molecule has 2 atom stereocenters. The lowest BCUT2D eigenvalue weighted by atomic mass is 9.89. The van der Waals surface area contributed by atoms with E-state index in [1.54, 1.807) is 6.26 Å². The molecule has 0 saturated carbocycles. The first kappa shape index (κ1) is 12.8. The number of thioether (sulfide) groups is 1. The summed E-state index contributed by atoms with van der Waals surface area (Å²) in [6.07, 6.45) is 4.65. The van der Waals surface area contributed by atoms with Gasteiger partial charge in [0.25, 0.3) is 0 Å². The molecule has 0 saturated heterocycles. The van der Waals surface area contributed by atoms with Crippen molar-refractivity contribution in [3.05, 3.63) is 54.0 Å². The van der Waals surface area contributed by atoms with Gasteiger partial charge in [-0.3, -0.25) is 0 Å². The SMILES string of the molecule is CCNC(Cc1ccoc1)C1CSc2ccccc21. The van der Waals surface area contributed by atoms with Crippen LogP contribution in [0.1, 0.15) is 24.0 Å². The Morgan fingerprint density at radius 2 is 2.26 bits per heavy atom. The summed E-state index contributed by atoms with van der Waals surface area (Å²) in [7, 11) is 0. The minimum absolute atomic E-state index is 0.485. The van der Waals surface area contributed by atoms with Gasteiger partial charge in [-0.2, -0.15) is 0 Å². The zero-order chi connectivity index (χ0) is 13.1. The number of furan rings is 1. The summed E-state index contributed by atoms with van der Waals surface area (Å²) in [4.78, 5) is 1.45. The summed E-state index contributed by atoms with van der Waals surface area (Å²) in [5.74, 6) is 1.77. The van der Waals surface area contributed by atoms with Crippen LogP contribution in [0.15, 0.2) is 52.2 Å². The van der Waals surface area contributed by atoms with E-state index in [9.17, 15) is 0 Å². The largest absolute Gasteiger partial charge is 0.472 e. The van der Waals surface area contributed by atoms with Crippen molar-refractivity contribution in [1.82, 2.24) is 5.32 Å². The molecule has 1 N–H and O–H groups in total. The van der Waals surface area contributed by atoms with Crippen LogP contribution in [0.5, 0.6) is 0 Å². The van der Waals surface area contributed by atoms with Crippen molar-refractivity contribution in [1.29, 1.82) is 0 Å². The third kappa shape index (κ3) is 2.72. The number of likely N-dealkylation sites (N-methyl/N-ethyl adjacent to an activating group) is 1. The van der Waals surface area contributed by atoms with Crippen LogP contribution in [0.25, 0.3) is 0 Å². The molecule has 1 aromatic heterocycles. The van der Waals surface area contributed by atoms with E-state index in [1.165, 1.54) is 21.8 Å². The van der Waals surface area contributed by atoms with Crippen molar-refractivity contribution in [3.8, 4) is 0 Å².